The van der Waals surface area contributed by atoms with Crippen LogP contribution in [0.4, 0.5) is 0 Å². The van der Waals surface area contributed by atoms with E-state index >= 15 is 0 Å². The summed E-state index contributed by atoms with van der Waals surface area (Å²) in [7, 11) is 1.71. The molecule has 1 N–H and O–H groups in total. The number of ether oxygens (including phenoxy) is 1. The number of aromatic nitrogens is 4. The normalized spacial score (nSPS) is 17.7. The van der Waals surface area contributed by atoms with Crippen molar-refractivity contribution >= 4 is 16.9 Å². The first-order valence-electron chi connectivity index (χ1n) is 8.97. The summed E-state index contributed by atoms with van der Waals surface area (Å²) in [4.78, 5) is 19.0. The number of fused-ring (bicyclic) bond motifs is 1. The second-order valence-corrected chi connectivity index (χ2v) is 6.85. The van der Waals surface area contributed by atoms with Gasteiger partial charge in [-0.25, -0.2) is 4.98 Å². The lowest BCUT2D eigenvalue weighted by atomic mass is 9.99. The predicted molar refractivity (Wildman–Crippen MR) is 97.9 cm³/mol. The number of nitrogens with zero attached hydrogens (tertiary/aromatic N) is 4. The average molecular weight is 353 g/mol. The summed E-state index contributed by atoms with van der Waals surface area (Å²) >= 11 is 0. The minimum absolute atomic E-state index is 0.0104. The first-order valence-corrected chi connectivity index (χ1v) is 8.97. The number of methoxy groups -OCH3 is 1. The molecule has 26 heavy (non-hydrogen) atoms. The molecule has 7 nitrogen and oxygen atoms in total. The second kappa shape index (κ2) is 7.29. The molecule has 0 radical (unpaired) electrons. The van der Waals surface area contributed by atoms with Gasteiger partial charge in [0, 0.05) is 20.2 Å². The van der Waals surface area contributed by atoms with Crippen LogP contribution in [-0.4, -0.2) is 57.4 Å². The maximum atomic E-state index is 12.8. The zero-order valence-corrected chi connectivity index (χ0v) is 14.9. The number of hydrogen-bond donors (Lipinski definition) is 1. The molecule has 3 aromatic rings. The van der Waals surface area contributed by atoms with Crippen molar-refractivity contribution in [3.63, 3.8) is 0 Å². The van der Waals surface area contributed by atoms with Crippen LogP contribution in [0.3, 0.4) is 0 Å². The number of piperidine rings is 1. The molecule has 136 valence electrons. The van der Waals surface area contributed by atoms with Gasteiger partial charge < -0.3 is 14.2 Å². The largest absolute Gasteiger partial charge is 0.384 e. The van der Waals surface area contributed by atoms with Crippen molar-refractivity contribution in [3.8, 4) is 0 Å². The van der Waals surface area contributed by atoms with Gasteiger partial charge in [-0.05, 0) is 37.0 Å². The van der Waals surface area contributed by atoms with Gasteiger partial charge in [-0.2, -0.15) is 5.10 Å². The lowest BCUT2D eigenvalue weighted by Crippen LogP contribution is -2.41. The van der Waals surface area contributed by atoms with E-state index in [9.17, 15) is 4.79 Å². The highest BCUT2D eigenvalue weighted by molar-refractivity contribution is 5.92. The molecule has 1 atom stereocenters. The second-order valence-electron chi connectivity index (χ2n) is 6.85. The molecule has 7 heteroatoms. The van der Waals surface area contributed by atoms with E-state index in [0.29, 0.717) is 24.8 Å². The highest BCUT2D eigenvalue weighted by Crippen LogP contribution is 2.19. The summed E-state index contributed by atoms with van der Waals surface area (Å²) in [5, 5.41) is 7.24. The summed E-state index contributed by atoms with van der Waals surface area (Å²) in [6, 6.07) is 9.84. The Morgan fingerprint density at radius 3 is 3.15 bits per heavy atom. The first-order chi connectivity index (χ1) is 12.7. The lowest BCUT2D eigenvalue weighted by molar-refractivity contribution is 0.0565. The molecule has 0 spiro atoms. The van der Waals surface area contributed by atoms with Gasteiger partial charge in [0.2, 0.25) is 0 Å². The molecular weight excluding hydrogens is 330 g/mol. The number of carbonyl (C=O) groups is 1. The monoisotopic (exact) mass is 353 g/mol. The molecule has 1 aliphatic heterocycles. The van der Waals surface area contributed by atoms with Gasteiger partial charge in [0.15, 0.2) is 0 Å². The molecule has 1 saturated heterocycles. The van der Waals surface area contributed by atoms with E-state index in [1.165, 1.54) is 0 Å². The van der Waals surface area contributed by atoms with Crippen molar-refractivity contribution in [2.24, 2.45) is 5.92 Å². The van der Waals surface area contributed by atoms with Gasteiger partial charge >= 0.3 is 0 Å². The third-order valence-corrected chi connectivity index (χ3v) is 4.93. The van der Waals surface area contributed by atoms with Gasteiger partial charge in [0.25, 0.3) is 5.91 Å². The van der Waals surface area contributed by atoms with E-state index in [-0.39, 0.29) is 5.91 Å². The Morgan fingerprint density at radius 1 is 1.38 bits per heavy atom. The Labute approximate surface area is 152 Å². The first kappa shape index (κ1) is 16.8. The third-order valence-electron chi connectivity index (χ3n) is 4.93. The van der Waals surface area contributed by atoms with Crippen LogP contribution in [0.25, 0.3) is 11.0 Å². The summed E-state index contributed by atoms with van der Waals surface area (Å²) in [6.07, 6.45) is 3.93. The Balaban J connectivity index is 1.46. The number of rotatable bonds is 5. The number of nitrogens with one attached hydrogen (secondary N) is 1. The van der Waals surface area contributed by atoms with Crippen LogP contribution in [0.2, 0.25) is 0 Å². The van der Waals surface area contributed by atoms with Crippen LogP contribution >= 0.6 is 0 Å². The van der Waals surface area contributed by atoms with Crippen LogP contribution in [0.5, 0.6) is 0 Å². The third kappa shape index (κ3) is 3.35. The molecule has 1 fully saturated rings. The Morgan fingerprint density at radius 2 is 2.27 bits per heavy atom. The zero-order chi connectivity index (χ0) is 17.9. The van der Waals surface area contributed by atoms with E-state index in [1.54, 1.807) is 7.11 Å². The van der Waals surface area contributed by atoms with Crippen molar-refractivity contribution < 1.29 is 9.53 Å². The highest BCUT2D eigenvalue weighted by atomic mass is 16.5. The molecule has 0 saturated carbocycles. The summed E-state index contributed by atoms with van der Waals surface area (Å²) in [5.74, 6) is 0.400. The van der Waals surface area contributed by atoms with Crippen LogP contribution in [-0.2, 0) is 11.3 Å². The molecule has 1 aromatic carbocycles. The number of hydrogen-bond acceptors (Lipinski definition) is 4. The Kier molecular flexibility index (Phi) is 4.71. The number of aromatic amines is 1. The molecule has 3 heterocycles. The van der Waals surface area contributed by atoms with E-state index in [4.69, 9.17) is 4.74 Å². The fraction of sp³-hybridized carbons (Fsp3) is 0.421. The van der Waals surface area contributed by atoms with Crippen molar-refractivity contribution in [3.05, 3.63) is 48.0 Å². The van der Waals surface area contributed by atoms with Gasteiger partial charge in [0.05, 0.1) is 36.2 Å². The molecule has 1 unspecified atom stereocenters. The van der Waals surface area contributed by atoms with E-state index in [1.807, 2.05) is 46.1 Å². The number of H-pyrrole nitrogens is 1. The van der Waals surface area contributed by atoms with Crippen molar-refractivity contribution in [2.45, 2.75) is 19.4 Å². The number of carbonyl (C=O) groups excluding carboxylic acids is 1. The van der Waals surface area contributed by atoms with Crippen LogP contribution < -0.4 is 0 Å². The van der Waals surface area contributed by atoms with Gasteiger partial charge in [-0.1, -0.05) is 12.1 Å². The average Bonchev–Trinajstić information content (AvgIpc) is 3.30. The molecule has 1 amide bonds. The van der Waals surface area contributed by atoms with Crippen LogP contribution in [0, 0.1) is 5.92 Å². The zero-order valence-electron chi connectivity index (χ0n) is 14.9. The van der Waals surface area contributed by atoms with E-state index in [0.717, 1.165) is 42.7 Å². The van der Waals surface area contributed by atoms with Crippen LogP contribution in [0.1, 0.15) is 29.0 Å². The molecule has 2 aromatic heterocycles. The molecule has 4 rings (SSSR count). The predicted octanol–water partition coefficient (Wildman–Crippen LogP) is 2.31. The summed E-state index contributed by atoms with van der Waals surface area (Å²) in [5.41, 5.74) is 3.39. The highest BCUT2D eigenvalue weighted by Gasteiger charge is 2.25. The molecule has 0 aliphatic carbocycles. The minimum Gasteiger partial charge on any atom is -0.384 e. The standard InChI is InChI=1S/C19H23N5O2/c1-26-12-14-5-4-8-23(10-14)19(25)17-9-15(21-22-17)11-24-13-20-16-6-2-3-7-18(16)24/h2-3,6-7,9,13-14H,4-5,8,10-12H2,1H3,(H,21,22). The van der Waals surface area contributed by atoms with Gasteiger partial charge in [0.1, 0.15) is 5.69 Å². The lowest BCUT2D eigenvalue weighted by Gasteiger charge is -2.31. The molecule has 0 bridgehead atoms. The van der Waals surface area contributed by atoms with Crippen molar-refractivity contribution in [2.75, 3.05) is 26.8 Å². The Bertz CT molecular complexity index is 898. The van der Waals surface area contributed by atoms with Crippen molar-refractivity contribution in [1.29, 1.82) is 0 Å². The number of benzene rings is 1. The Hall–Kier alpha value is -2.67. The number of para-hydroxylation sites is 2. The van der Waals surface area contributed by atoms with Gasteiger partial charge in [-0.15, -0.1) is 0 Å². The summed E-state index contributed by atoms with van der Waals surface area (Å²) < 4.78 is 7.29. The van der Waals surface area contributed by atoms with Crippen molar-refractivity contribution in [1.82, 2.24) is 24.6 Å². The maximum Gasteiger partial charge on any atom is 0.274 e. The summed E-state index contributed by atoms with van der Waals surface area (Å²) in [6.45, 7) is 2.82. The van der Waals surface area contributed by atoms with Crippen LogP contribution in [0.15, 0.2) is 36.7 Å². The minimum atomic E-state index is -0.0104. The SMILES string of the molecule is COCC1CCCN(C(=O)c2cc(Cn3cnc4ccccc43)[nH]n2)C1. The number of imidazole rings is 1. The molecule has 1 aliphatic rings. The fourth-order valence-electron chi connectivity index (χ4n) is 3.66. The smallest absolute Gasteiger partial charge is 0.274 e. The fourth-order valence-corrected chi connectivity index (χ4v) is 3.66. The number of amides is 1. The topological polar surface area (TPSA) is 76.0 Å². The maximum absolute atomic E-state index is 12.8. The van der Waals surface area contributed by atoms with E-state index < -0.39 is 0 Å². The van der Waals surface area contributed by atoms with E-state index in [2.05, 4.69) is 15.2 Å². The van der Waals surface area contributed by atoms with Gasteiger partial charge in [-0.3, -0.25) is 9.89 Å². The quantitative estimate of drug-likeness (QED) is 0.764. The number of likely N-dealkylation sites (tertiary alicyclic amines) is 1. The molecular formula is C19H23N5O2.